The molecule has 0 aliphatic heterocycles. The predicted molar refractivity (Wildman–Crippen MR) is 88.9 cm³/mol. The van der Waals surface area contributed by atoms with Crippen LogP contribution in [-0.4, -0.2) is 45.1 Å². The van der Waals surface area contributed by atoms with Crippen molar-refractivity contribution in [2.24, 2.45) is 5.92 Å². The third-order valence-electron chi connectivity index (χ3n) is 3.40. The standard InChI is InChI=1S/C17H30N2O2/c1-13(2)9-18-10-15-6-7-17(14(3)8-15)19(4)11-16(20)12-21-5/h6-8,13,16,18,20H,9-12H2,1-5H3. The van der Waals surface area contributed by atoms with Gasteiger partial charge in [0.2, 0.25) is 0 Å². The molecule has 0 heterocycles. The third-order valence-corrected chi connectivity index (χ3v) is 3.40. The van der Waals surface area contributed by atoms with Crippen molar-refractivity contribution in [1.82, 2.24) is 5.32 Å². The van der Waals surface area contributed by atoms with Crippen LogP contribution in [0.2, 0.25) is 0 Å². The zero-order chi connectivity index (χ0) is 15.8. The van der Waals surface area contributed by atoms with Crippen LogP contribution in [0.5, 0.6) is 0 Å². The second-order valence-electron chi connectivity index (χ2n) is 6.14. The number of nitrogens with one attached hydrogen (secondary N) is 1. The van der Waals surface area contributed by atoms with E-state index < -0.39 is 6.10 Å². The van der Waals surface area contributed by atoms with E-state index >= 15 is 0 Å². The minimum Gasteiger partial charge on any atom is -0.389 e. The van der Waals surface area contributed by atoms with E-state index in [9.17, 15) is 5.11 Å². The molecule has 4 nitrogen and oxygen atoms in total. The lowest BCUT2D eigenvalue weighted by Gasteiger charge is -2.24. The van der Waals surface area contributed by atoms with Gasteiger partial charge in [-0.3, -0.25) is 0 Å². The van der Waals surface area contributed by atoms with Gasteiger partial charge in [-0.15, -0.1) is 0 Å². The van der Waals surface area contributed by atoms with Gasteiger partial charge < -0.3 is 20.1 Å². The van der Waals surface area contributed by atoms with E-state index in [1.54, 1.807) is 7.11 Å². The van der Waals surface area contributed by atoms with E-state index in [1.165, 1.54) is 11.1 Å². The summed E-state index contributed by atoms with van der Waals surface area (Å²) in [7, 11) is 3.60. The molecule has 0 bridgehead atoms. The number of hydrogen-bond acceptors (Lipinski definition) is 4. The molecule has 21 heavy (non-hydrogen) atoms. The molecule has 4 heteroatoms. The summed E-state index contributed by atoms with van der Waals surface area (Å²) in [6, 6.07) is 6.48. The third kappa shape index (κ3) is 6.46. The molecular weight excluding hydrogens is 264 g/mol. The van der Waals surface area contributed by atoms with Gasteiger partial charge in [-0.05, 0) is 36.6 Å². The van der Waals surface area contributed by atoms with Crippen LogP contribution in [0.3, 0.4) is 0 Å². The average Bonchev–Trinajstić information content (AvgIpc) is 2.38. The molecule has 0 spiro atoms. The molecule has 1 aromatic rings. The molecule has 0 amide bonds. The zero-order valence-electron chi connectivity index (χ0n) is 14.0. The largest absolute Gasteiger partial charge is 0.389 e. The summed E-state index contributed by atoms with van der Waals surface area (Å²) in [6.07, 6.45) is -0.466. The van der Waals surface area contributed by atoms with Crippen LogP contribution >= 0.6 is 0 Å². The Balaban J connectivity index is 2.60. The Bertz CT molecular complexity index is 421. The van der Waals surface area contributed by atoms with Crippen LogP contribution in [-0.2, 0) is 11.3 Å². The molecule has 1 aromatic carbocycles. The molecule has 1 rings (SSSR count). The SMILES string of the molecule is COCC(O)CN(C)c1ccc(CNCC(C)C)cc1C. The molecular formula is C17H30N2O2. The van der Waals surface area contributed by atoms with Crippen molar-refractivity contribution < 1.29 is 9.84 Å². The number of likely N-dealkylation sites (N-methyl/N-ethyl adjacent to an activating group) is 1. The van der Waals surface area contributed by atoms with Crippen molar-refractivity contribution >= 4 is 5.69 Å². The highest BCUT2D eigenvalue weighted by Gasteiger charge is 2.11. The Labute approximate surface area is 129 Å². The van der Waals surface area contributed by atoms with Crippen LogP contribution in [0.25, 0.3) is 0 Å². The molecule has 0 fully saturated rings. The molecule has 1 atom stereocenters. The first kappa shape index (κ1) is 18.0. The minimum atomic E-state index is -0.466. The Morgan fingerprint density at radius 1 is 1.33 bits per heavy atom. The van der Waals surface area contributed by atoms with Gasteiger partial charge in [-0.25, -0.2) is 0 Å². The number of rotatable bonds is 9. The second kappa shape index (κ2) is 9.03. The van der Waals surface area contributed by atoms with Crippen molar-refractivity contribution in [2.75, 3.05) is 38.8 Å². The van der Waals surface area contributed by atoms with Crippen LogP contribution in [0, 0.1) is 12.8 Å². The van der Waals surface area contributed by atoms with Gasteiger partial charge in [-0.2, -0.15) is 0 Å². The zero-order valence-corrected chi connectivity index (χ0v) is 14.0. The number of ether oxygens (including phenoxy) is 1. The number of hydrogen-bond donors (Lipinski definition) is 2. The van der Waals surface area contributed by atoms with Crippen LogP contribution in [0.4, 0.5) is 5.69 Å². The van der Waals surface area contributed by atoms with Crippen molar-refractivity contribution in [1.29, 1.82) is 0 Å². The van der Waals surface area contributed by atoms with E-state index in [1.807, 2.05) is 7.05 Å². The Morgan fingerprint density at radius 3 is 2.62 bits per heavy atom. The number of aliphatic hydroxyl groups excluding tert-OH is 1. The van der Waals surface area contributed by atoms with Gasteiger partial charge in [0.1, 0.15) is 0 Å². The summed E-state index contributed by atoms with van der Waals surface area (Å²) in [6.45, 7) is 9.39. The second-order valence-corrected chi connectivity index (χ2v) is 6.14. The van der Waals surface area contributed by atoms with Gasteiger partial charge >= 0.3 is 0 Å². The fourth-order valence-corrected chi connectivity index (χ4v) is 2.42. The predicted octanol–water partition coefficient (Wildman–Crippen LogP) is 2.18. The van der Waals surface area contributed by atoms with E-state index in [2.05, 4.69) is 49.2 Å². The summed E-state index contributed by atoms with van der Waals surface area (Å²) < 4.78 is 4.97. The normalized spacial score (nSPS) is 12.7. The first-order chi connectivity index (χ1) is 9.93. The summed E-state index contributed by atoms with van der Waals surface area (Å²) in [5.41, 5.74) is 3.67. The Kier molecular flexibility index (Phi) is 7.72. The molecule has 0 saturated heterocycles. The van der Waals surface area contributed by atoms with E-state index in [4.69, 9.17) is 4.74 Å². The summed E-state index contributed by atoms with van der Waals surface area (Å²) in [4.78, 5) is 2.07. The lowest BCUT2D eigenvalue weighted by molar-refractivity contribution is 0.0695. The molecule has 120 valence electrons. The fourth-order valence-electron chi connectivity index (χ4n) is 2.42. The quantitative estimate of drug-likeness (QED) is 0.733. The highest BCUT2D eigenvalue weighted by molar-refractivity contribution is 5.54. The van der Waals surface area contributed by atoms with Crippen molar-refractivity contribution in [2.45, 2.75) is 33.4 Å². The van der Waals surface area contributed by atoms with Crippen LogP contribution in [0.1, 0.15) is 25.0 Å². The molecule has 1 unspecified atom stereocenters. The van der Waals surface area contributed by atoms with Crippen molar-refractivity contribution in [3.05, 3.63) is 29.3 Å². The van der Waals surface area contributed by atoms with Crippen molar-refractivity contribution in [3.8, 4) is 0 Å². The van der Waals surface area contributed by atoms with E-state index in [0.717, 1.165) is 18.8 Å². The summed E-state index contributed by atoms with van der Waals surface area (Å²) in [5, 5.41) is 13.3. The molecule has 2 N–H and O–H groups in total. The van der Waals surface area contributed by atoms with Gasteiger partial charge in [-0.1, -0.05) is 26.0 Å². The monoisotopic (exact) mass is 294 g/mol. The number of benzene rings is 1. The Hall–Kier alpha value is -1.10. The van der Waals surface area contributed by atoms with Gasteiger partial charge in [0.15, 0.2) is 0 Å². The number of aliphatic hydroxyl groups is 1. The highest BCUT2D eigenvalue weighted by atomic mass is 16.5. The highest BCUT2D eigenvalue weighted by Crippen LogP contribution is 2.20. The molecule has 0 aliphatic rings. The van der Waals surface area contributed by atoms with Gasteiger partial charge in [0.25, 0.3) is 0 Å². The summed E-state index contributed by atoms with van der Waals surface area (Å²) in [5.74, 6) is 0.666. The lowest BCUT2D eigenvalue weighted by Crippen LogP contribution is -2.32. The Morgan fingerprint density at radius 2 is 2.05 bits per heavy atom. The van der Waals surface area contributed by atoms with Gasteiger partial charge in [0, 0.05) is 32.9 Å². The average molecular weight is 294 g/mol. The molecule has 0 radical (unpaired) electrons. The fraction of sp³-hybridized carbons (Fsp3) is 0.647. The van der Waals surface area contributed by atoms with Crippen molar-refractivity contribution in [3.63, 3.8) is 0 Å². The number of anilines is 1. The molecule has 0 aromatic heterocycles. The smallest absolute Gasteiger partial charge is 0.0947 e. The lowest BCUT2D eigenvalue weighted by atomic mass is 10.1. The minimum absolute atomic E-state index is 0.362. The van der Waals surface area contributed by atoms with Crippen LogP contribution in [0.15, 0.2) is 18.2 Å². The maximum Gasteiger partial charge on any atom is 0.0947 e. The maximum absolute atomic E-state index is 9.82. The van der Waals surface area contributed by atoms with Crippen LogP contribution < -0.4 is 10.2 Å². The number of aryl methyl sites for hydroxylation is 1. The first-order valence-corrected chi connectivity index (χ1v) is 7.62. The van der Waals surface area contributed by atoms with E-state index in [0.29, 0.717) is 19.1 Å². The maximum atomic E-state index is 9.82. The van der Waals surface area contributed by atoms with E-state index in [-0.39, 0.29) is 0 Å². The van der Waals surface area contributed by atoms with Gasteiger partial charge in [0.05, 0.1) is 12.7 Å². The summed E-state index contributed by atoms with van der Waals surface area (Å²) >= 11 is 0. The topological polar surface area (TPSA) is 44.7 Å². The molecule has 0 aliphatic carbocycles. The molecule has 0 saturated carbocycles. The number of nitrogens with zero attached hydrogens (tertiary/aromatic N) is 1. The first-order valence-electron chi connectivity index (χ1n) is 7.62. The number of methoxy groups -OCH3 is 1.